The number of nitrogens with one attached hydrogen (secondary N) is 1. The topological polar surface area (TPSA) is 78.8 Å². The molecule has 1 aliphatic rings. The third kappa shape index (κ3) is 2.94. The van der Waals surface area contributed by atoms with E-state index in [1.807, 2.05) is 6.07 Å². The van der Waals surface area contributed by atoms with E-state index in [4.69, 9.17) is 0 Å². The highest BCUT2D eigenvalue weighted by Gasteiger charge is 2.35. The first-order chi connectivity index (χ1) is 11.6. The number of fused-ring (bicyclic) bond motifs is 1. The predicted molar refractivity (Wildman–Crippen MR) is 88.8 cm³/mol. The summed E-state index contributed by atoms with van der Waals surface area (Å²) in [7, 11) is 0. The molecular weight excluding hydrogens is 306 g/mol. The third-order valence-electron chi connectivity index (χ3n) is 3.65. The van der Waals surface area contributed by atoms with Gasteiger partial charge in [0.25, 0.3) is 17.7 Å². The molecular formula is C18H15N3O3. The number of hydrogen-bond acceptors (Lipinski definition) is 4. The molecule has 1 aliphatic heterocycles. The summed E-state index contributed by atoms with van der Waals surface area (Å²) in [5.74, 6) is -1.05. The van der Waals surface area contributed by atoms with Crippen molar-refractivity contribution in [2.75, 3.05) is 6.54 Å². The Morgan fingerprint density at radius 2 is 1.50 bits per heavy atom. The van der Waals surface area contributed by atoms with E-state index in [9.17, 15) is 14.4 Å². The molecule has 2 aromatic rings. The van der Waals surface area contributed by atoms with E-state index >= 15 is 0 Å². The summed E-state index contributed by atoms with van der Waals surface area (Å²) < 4.78 is 0. The number of rotatable bonds is 4. The summed E-state index contributed by atoms with van der Waals surface area (Å²) in [6.45, 7) is 1.68. The quantitative estimate of drug-likeness (QED) is 0.532. The van der Waals surface area contributed by atoms with Crippen LogP contribution in [0.5, 0.6) is 0 Å². The maximum absolute atomic E-state index is 12.3. The van der Waals surface area contributed by atoms with Gasteiger partial charge in [0, 0.05) is 5.56 Å². The zero-order valence-electron chi connectivity index (χ0n) is 13.0. The molecule has 120 valence electrons. The lowest BCUT2D eigenvalue weighted by molar-refractivity contribution is 0.0677. The van der Waals surface area contributed by atoms with Crippen molar-refractivity contribution in [1.82, 2.24) is 10.3 Å². The Labute approximate surface area is 138 Å². The monoisotopic (exact) mass is 321 g/mol. The van der Waals surface area contributed by atoms with E-state index in [0.717, 1.165) is 4.90 Å². The molecule has 0 saturated carbocycles. The summed E-state index contributed by atoms with van der Waals surface area (Å²) >= 11 is 0. The van der Waals surface area contributed by atoms with Gasteiger partial charge in [0.15, 0.2) is 0 Å². The van der Waals surface area contributed by atoms with Gasteiger partial charge in [0.1, 0.15) is 0 Å². The maximum atomic E-state index is 12.3. The van der Waals surface area contributed by atoms with Gasteiger partial charge >= 0.3 is 0 Å². The SMILES string of the molecule is CC(CN1C(=O)c2ccccc2C1=O)=NNC(=O)c1ccccc1. The molecule has 0 unspecified atom stereocenters. The second-order valence-corrected chi connectivity index (χ2v) is 5.40. The van der Waals surface area contributed by atoms with Gasteiger partial charge in [-0.2, -0.15) is 5.10 Å². The molecule has 0 fully saturated rings. The van der Waals surface area contributed by atoms with Crippen molar-refractivity contribution >= 4 is 23.4 Å². The van der Waals surface area contributed by atoms with E-state index in [-0.39, 0.29) is 24.3 Å². The molecule has 0 atom stereocenters. The van der Waals surface area contributed by atoms with Crippen molar-refractivity contribution < 1.29 is 14.4 Å². The molecule has 6 heteroatoms. The smallest absolute Gasteiger partial charge is 0.269 e. The largest absolute Gasteiger partial charge is 0.271 e. The van der Waals surface area contributed by atoms with Crippen LogP contribution < -0.4 is 5.43 Å². The molecule has 0 spiro atoms. The molecule has 0 radical (unpaired) electrons. The standard InChI is InChI=1S/C18H15N3O3/c1-12(19-20-16(22)13-7-3-2-4-8-13)11-21-17(23)14-9-5-6-10-15(14)18(21)24/h2-10H,11H2,1H3,(H,20,22). The number of amides is 3. The minimum atomic E-state index is -0.350. The van der Waals surface area contributed by atoms with Gasteiger partial charge in [0.05, 0.1) is 23.4 Å². The van der Waals surface area contributed by atoms with Crippen molar-refractivity contribution in [3.63, 3.8) is 0 Å². The second-order valence-electron chi connectivity index (χ2n) is 5.40. The van der Waals surface area contributed by atoms with Gasteiger partial charge in [-0.05, 0) is 31.2 Å². The highest BCUT2D eigenvalue weighted by atomic mass is 16.2. The molecule has 1 heterocycles. The average Bonchev–Trinajstić information content (AvgIpc) is 2.86. The second kappa shape index (κ2) is 6.45. The summed E-state index contributed by atoms with van der Waals surface area (Å²) in [5.41, 5.74) is 4.14. The summed E-state index contributed by atoms with van der Waals surface area (Å²) in [6, 6.07) is 15.3. The van der Waals surface area contributed by atoms with Crippen molar-refractivity contribution in [3.8, 4) is 0 Å². The Morgan fingerprint density at radius 3 is 2.08 bits per heavy atom. The third-order valence-corrected chi connectivity index (χ3v) is 3.65. The molecule has 24 heavy (non-hydrogen) atoms. The highest BCUT2D eigenvalue weighted by Crippen LogP contribution is 2.22. The number of nitrogens with zero attached hydrogens (tertiary/aromatic N) is 2. The fourth-order valence-electron chi connectivity index (χ4n) is 2.45. The molecule has 3 amide bonds. The fraction of sp³-hybridized carbons (Fsp3) is 0.111. The first-order valence-electron chi connectivity index (χ1n) is 7.41. The van der Waals surface area contributed by atoms with Crippen LogP contribution in [-0.4, -0.2) is 34.9 Å². The molecule has 0 bridgehead atoms. The van der Waals surface area contributed by atoms with Crippen LogP contribution in [0.4, 0.5) is 0 Å². The zero-order chi connectivity index (χ0) is 17.1. The van der Waals surface area contributed by atoms with Gasteiger partial charge in [-0.3, -0.25) is 19.3 Å². The molecule has 0 saturated heterocycles. The van der Waals surface area contributed by atoms with Crippen molar-refractivity contribution in [2.24, 2.45) is 5.10 Å². The summed E-state index contributed by atoms with van der Waals surface area (Å²) in [5, 5.41) is 3.97. The van der Waals surface area contributed by atoms with Crippen molar-refractivity contribution in [2.45, 2.75) is 6.92 Å². The minimum absolute atomic E-state index is 0.0292. The van der Waals surface area contributed by atoms with Crippen LogP contribution in [0.25, 0.3) is 0 Å². The van der Waals surface area contributed by atoms with Crippen LogP contribution in [0.1, 0.15) is 38.0 Å². The maximum Gasteiger partial charge on any atom is 0.271 e. The summed E-state index contributed by atoms with van der Waals surface area (Å²) in [6.07, 6.45) is 0. The van der Waals surface area contributed by atoms with Crippen LogP contribution in [0.3, 0.4) is 0 Å². The van der Waals surface area contributed by atoms with Gasteiger partial charge in [-0.1, -0.05) is 30.3 Å². The van der Waals surface area contributed by atoms with Crippen molar-refractivity contribution in [3.05, 3.63) is 71.3 Å². The molecule has 0 aliphatic carbocycles. The Bertz CT molecular complexity index is 809. The van der Waals surface area contributed by atoms with Gasteiger partial charge in [0.2, 0.25) is 0 Å². The number of carbonyl (C=O) groups excluding carboxylic acids is 3. The van der Waals surface area contributed by atoms with E-state index < -0.39 is 0 Å². The van der Waals surface area contributed by atoms with Crippen LogP contribution >= 0.6 is 0 Å². The van der Waals surface area contributed by atoms with Crippen molar-refractivity contribution in [1.29, 1.82) is 0 Å². The fourth-order valence-corrected chi connectivity index (χ4v) is 2.45. The Morgan fingerprint density at radius 1 is 0.958 bits per heavy atom. The van der Waals surface area contributed by atoms with E-state index in [1.54, 1.807) is 55.5 Å². The van der Waals surface area contributed by atoms with Gasteiger partial charge in [-0.25, -0.2) is 5.43 Å². The molecule has 6 nitrogen and oxygen atoms in total. The molecule has 3 rings (SSSR count). The number of carbonyl (C=O) groups is 3. The molecule has 0 aromatic heterocycles. The van der Waals surface area contributed by atoms with Gasteiger partial charge in [-0.15, -0.1) is 0 Å². The first kappa shape index (κ1) is 15.6. The zero-order valence-corrected chi connectivity index (χ0v) is 13.0. The number of benzene rings is 2. The lowest BCUT2D eigenvalue weighted by atomic mass is 10.1. The van der Waals surface area contributed by atoms with E-state index in [1.165, 1.54) is 0 Å². The Hall–Kier alpha value is -3.28. The lowest BCUT2D eigenvalue weighted by Gasteiger charge is -2.13. The first-order valence-corrected chi connectivity index (χ1v) is 7.41. The van der Waals surface area contributed by atoms with E-state index in [0.29, 0.717) is 22.4 Å². The number of hydrazone groups is 1. The normalized spacial score (nSPS) is 13.9. The predicted octanol–water partition coefficient (Wildman–Crippen LogP) is 2.09. The Kier molecular flexibility index (Phi) is 4.20. The van der Waals surface area contributed by atoms with Crippen LogP contribution in [0.2, 0.25) is 0 Å². The molecule has 1 N–H and O–H groups in total. The summed E-state index contributed by atoms with van der Waals surface area (Å²) in [4.78, 5) is 37.6. The Balaban J connectivity index is 1.67. The highest BCUT2D eigenvalue weighted by molar-refractivity contribution is 6.22. The van der Waals surface area contributed by atoms with Gasteiger partial charge < -0.3 is 0 Å². The minimum Gasteiger partial charge on any atom is -0.269 e. The average molecular weight is 321 g/mol. The number of imide groups is 1. The van der Waals surface area contributed by atoms with Crippen LogP contribution in [-0.2, 0) is 0 Å². The number of hydrogen-bond donors (Lipinski definition) is 1. The van der Waals surface area contributed by atoms with Crippen LogP contribution in [0, 0.1) is 0 Å². The van der Waals surface area contributed by atoms with E-state index in [2.05, 4.69) is 10.5 Å². The van der Waals surface area contributed by atoms with Crippen LogP contribution in [0.15, 0.2) is 59.7 Å². The molecule has 2 aromatic carbocycles. The lowest BCUT2D eigenvalue weighted by Crippen LogP contribution is -2.35.